The van der Waals surface area contributed by atoms with Crippen LogP contribution in [0, 0.1) is 5.82 Å². The fourth-order valence-electron chi connectivity index (χ4n) is 2.19. The Labute approximate surface area is 109 Å². The third-order valence-corrected chi connectivity index (χ3v) is 3.14. The van der Waals surface area contributed by atoms with Gasteiger partial charge in [-0.1, -0.05) is 18.2 Å². The van der Waals surface area contributed by atoms with Gasteiger partial charge >= 0.3 is 0 Å². The largest absolute Gasteiger partial charge is 0.320 e. The zero-order chi connectivity index (χ0) is 13.2. The predicted octanol–water partition coefficient (Wildman–Crippen LogP) is 2.82. The number of benzene rings is 1. The van der Waals surface area contributed by atoms with Crippen LogP contribution in [0.4, 0.5) is 4.39 Å². The Balaban J connectivity index is 2.14. The van der Waals surface area contributed by atoms with Crippen molar-refractivity contribution < 1.29 is 4.39 Å². The highest BCUT2D eigenvalue weighted by atomic mass is 19.1. The van der Waals surface area contributed by atoms with Crippen LogP contribution in [0.5, 0.6) is 0 Å². The van der Waals surface area contributed by atoms with Crippen molar-refractivity contribution in [3.05, 3.63) is 72.1 Å². The van der Waals surface area contributed by atoms with Gasteiger partial charge in [-0.25, -0.2) is 4.39 Å². The molecule has 0 aliphatic heterocycles. The van der Waals surface area contributed by atoms with Crippen LogP contribution in [-0.2, 0) is 0 Å². The number of halogens is 1. The first-order valence-corrected chi connectivity index (χ1v) is 5.94. The number of pyridine rings is 2. The molecule has 0 fully saturated rings. The number of nitrogens with two attached hydrogens (primary N) is 1. The van der Waals surface area contributed by atoms with Gasteiger partial charge in [-0.3, -0.25) is 9.97 Å². The van der Waals surface area contributed by atoms with Crippen molar-refractivity contribution in [2.45, 2.75) is 6.04 Å². The lowest BCUT2D eigenvalue weighted by molar-refractivity contribution is 0.616. The molecule has 4 heteroatoms. The Kier molecular flexibility index (Phi) is 2.93. The Morgan fingerprint density at radius 1 is 1.05 bits per heavy atom. The minimum atomic E-state index is -0.420. The van der Waals surface area contributed by atoms with Crippen LogP contribution < -0.4 is 5.73 Å². The maximum atomic E-state index is 13.2. The monoisotopic (exact) mass is 253 g/mol. The first-order chi connectivity index (χ1) is 9.25. The maximum absolute atomic E-state index is 13.2. The first kappa shape index (κ1) is 11.7. The van der Waals surface area contributed by atoms with Gasteiger partial charge in [-0.2, -0.15) is 0 Å². The average molecular weight is 253 g/mol. The molecule has 0 saturated carbocycles. The van der Waals surface area contributed by atoms with Crippen LogP contribution in [0.2, 0.25) is 0 Å². The van der Waals surface area contributed by atoms with Gasteiger partial charge < -0.3 is 5.73 Å². The standard InChI is InChI=1S/C15H12FN3/c16-12-6-11(7-19-8-12)15(17)13-3-1-2-10-4-5-18-9-14(10)13/h1-9,15H,17H2. The number of aromatic nitrogens is 2. The smallest absolute Gasteiger partial charge is 0.141 e. The van der Waals surface area contributed by atoms with Gasteiger partial charge in [0.25, 0.3) is 0 Å². The van der Waals surface area contributed by atoms with E-state index in [4.69, 9.17) is 5.73 Å². The SMILES string of the molecule is NC(c1cncc(F)c1)c1cccc2ccncc12. The number of nitrogens with zero attached hydrogens (tertiary/aromatic N) is 2. The fourth-order valence-corrected chi connectivity index (χ4v) is 2.19. The number of rotatable bonds is 2. The summed E-state index contributed by atoms with van der Waals surface area (Å²) in [6.07, 6.45) is 6.27. The van der Waals surface area contributed by atoms with E-state index in [0.29, 0.717) is 5.56 Å². The van der Waals surface area contributed by atoms with E-state index in [1.165, 1.54) is 12.3 Å². The van der Waals surface area contributed by atoms with E-state index in [1.54, 1.807) is 18.6 Å². The van der Waals surface area contributed by atoms with Crippen LogP contribution in [0.3, 0.4) is 0 Å². The van der Waals surface area contributed by atoms with Crippen LogP contribution >= 0.6 is 0 Å². The summed E-state index contributed by atoms with van der Waals surface area (Å²) in [4.78, 5) is 7.96. The molecular weight excluding hydrogens is 241 g/mol. The number of hydrogen-bond donors (Lipinski definition) is 1. The molecule has 0 saturated heterocycles. The minimum Gasteiger partial charge on any atom is -0.320 e. The second kappa shape index (κ2) is 4.74. The summed E-state index contributed by atoms with van der Waals surface area (Å²) in [5.74, 6) is -0.383. The van der Waals surface area contributed by atoms with Crippen molar-refractivity contribution in [3.63, 3.8) is 0 Å². The lowest BCUT2D eigenvalue weighted by atomic mass is 9.96. The second-order valence-corrected chi connectivity index (χ2v) is 4.36. The molecular formula is C15H12FN3. The van der Waals surface area contributed by atoms with Crippen LogP contribution in [0.25, 0.3) is 10.8 Å². The van der Waals surface area contributed by atoms with Crippen molar-refractivity contribution in [3.8, 4) is 0 Å². The van der Waals surface area contributed by atoms with Gasteiger partial charge in [0.2, 0.25) is 0 Å². The Bertz CT molecular complexity index is 722. The molecule has 2 N–H and O–H groups in total. The van der Waals surface area contributed by atoms with Gasteiger partial charge in [0.05, 0.1) is 12.2 Å². The van der Waals surface area contributed by atoms with Crippen molar-refractivity contribution in [2.75, 3.05) is 0 Å². The summed E-state index contributed by atoms with van der Waals surface area (Å²) >= 11 is 0. The molecule has 0 bridgehead atoms. The van der Waals surface area contributed by atoms with Gasteiger partial charge in [-0.15, -0.1) is 0 Å². The highest BCUT2D eigenvalue weighted by Gasteiger charge is 2.13. The van der Waals surface area contributed by atoms with Gasteiger partial charge in [0, 0.05) is 24.0 Å². The van der Waals surface area contributed by atoms with Gasteiger partial charge in [0.1, 0.15) is 5.82 Å². The van der Waals surface area contributed by atoms with Crippen molar-refractivity contribution >= 4 is 10.8 Å². The highest BCUT2D eigenvalue weighted by molar-refractivity contribution is 5.85. The lowest BCUT2D eigenvalue weighted by Gasteiger charge is -2.14. The highest BCUT2D eigenvalue weighted by Crippen LogP contribution is 2.26. The topological polar surface area (TPSA) is 51.8 Å². The molecule has 1 unspecified atom stereocenters. The molecule has 19 heavy (non-hydrogen) atoms. The normalized spacial score (nSPS) is 12.5. The summed E-state index contributed by atoms with van der Waals surface area (Å²) in [5, 5.41) is 2.04. The molecule has 0 radical (unpaired) electrons. The Hall–Kier alpha value is -2.33. The molecule has 0 amide bonds. The van der Waals surface area contributed by atoms with E-state index >= 15 is 0 Å². The average Bonchev–Trinajstić information content (AvgIpc) is 2.46. The quantitative estimate of drug-likeness (QED) is 0.764. The van der Waals surface area contributed by atoms with E-state index in [0.717, 1.165) is 16.3 Å². The molecule has 0 spiro atoms. The zero-order valence-corrected chi connectivity index (χ0v) is 10.1. The molecule has 94 valence electrons. The maximum Gasteiger partial charge on any atom is 0.141 e. The molecule has 2 heterocycles. The summed E-state index contributed by atoms with van der Waals surface area (Å²) in [6.45, 7) is 0. The molecule has 0 aliphatic carbocycles. The minimum absolute atomic E-state index is 0.383. The predicted molar refractivity (Wildman–Crippen MR) is 72.0 cm³/mol. The summed E-state index contributed by atoms with van der Waals surface area (Å²) in [5.41, 5.74) is 7.78. The summed E-state index contributed by atoms with van der Waals surface area (Å²) in [7, 11) is 0. The molecule has 1 aromatic carbocycles. The van der Waals surface area contributed by atoms with Gasteiger partial charge in [-0.05, 0) is 28.6 Å². The molecule has 0 aliphatic rings. The van der Waals surface area contributed by atoms with Crippen LogP contribution in [0.1, 0.15) is 17.2 Å². The van der Waals surface area contributed by atoms with E-state index in [9.17, 15) is 4.39 Å². The van der Waals surface area contributed by atoms with E-state index < -0.39 is 6.04 Å². The summed E-state index contributed by atoms with van der Waals surface area (Å²) in [6, 6.07) is 8.78. The van der Waals surface area contributed by atoms with Gasteiger partial charge in [0.15, 0.2) is 0 Å². The van der Waals surface area contributed by atoms with Crippen LogP contribution in [-0.4, -0.2) is 9.97 Å². The van der Waals surface area contributed by atoms with E-state index in [2.05, 4.69) is 9.97 Å². The fraction of sp³-hybridized carbons (Fsp3) is 0.0667. The summed E-state index contributed by atoms with van der Waals surface area (Å²) < 4.78 is 13.2. The first-order valence-electron chi connectivity index (χ1n) is 5.94. The van der Waals surface area contributed by atoms with Crippen molar-refractivity contribution in [1.29, 1.82) is 0 Å². The third kappa shape index (κ3) is 2.18. The van der Waals surface area contributed by atoms with E-state index in [1.807, 2.05) is 24.3 Å². The number of hydrogen-bond acceptors (Lipinski definition) is 3. The molecule has 1 atom stereocenters. The lowest BCUT2D eigenvalue weighted by Crippen LogP contribution is -2.13. The molecule has 3 rings (SSSR count). The number of fused-ring (bicyclic) bond motifs is 1. The van der Waals surface area contributed by atoms with E-state index in [-0.39, 0.29) is 5.82 Å². The van der Waals surface area contributed by atoms with Crippen molar-refractivity contribution in [2.24, 2.45) is 5.73 Å². The third-order valence-electron chi connectivity index (χ3n) is 3.14. The van der Waals surface area contributed by atoms with Crippen molar-refractivity contribution in [1.82, 2.24) is 9.97 Å². The Morgan fingerprint density at radius 2 is 1.95 bits per heavy atom. The zero-order valence-electron chi connectivity index (χ0n) is 10.1. The molecule has 2 aromatic heterocycles. The molecule has 3 nitrogen and oxygen atoms in total. The Morgan fingerprint density at radius 3 is 2.79 bits per heavy atom. The van der Waals surface area contributed by atoms with Crippen LogP contribution in [0.15, 0.2) is 55.1 Å². The second-order valence-electron chi connectivity index (χ2n) is 4.36. The molecule has 3 aromatic rings.